The smallest absolute Gasteiger partial charge is 0.275 e. The average molecular weight is 275 g/mol. The maximum absolute atomic E-state index is 12.3. The van der Waals surface area contributed by atoms with Gasteiger partial charge in [-0.1, -0.05) is 29.8 Å². The molecule has 3 nitrogen and oxygen atoms in total. The number of aryl methyl sites for hydroxylation is 1. The molecule has 2 aromatic rings. The highest BCUT2D eigenvalue weighted by atomic mass is 35.5. The first kappa shape index (κ1) is 12.3. The Morgan fingerprint density at radius 1 is 1.11 bits per heavy atom. The molecule has 0 radical (unpaired) electrons. The summed E-state index contributed by atoms with van der Waals surface area (Å²) in [5.74, 6) is 0. The van der Waals surface area contributed by atoms with E-state index in [9.17, 15) is 4.79 Å². The Bertz CT molecular complexity index is 678. The van der Waals surface area contributed by atoms with Gasteiger partial charge in [0.1, 0.15) is 10.8 Å². The number of nitrogens with zero attached hydrogens (tertiary/aromatic N) is 2. The lowest BCUT2D eigenvalue weighted by atomic mass is 10.0. The van der Waals surface area contributed by atoms with Crippen LogP contribution < -0.4 is 10.5 Å². The molecule has 0 saturated carbocycles. The number of rotatable bonds is 1. The fourth-order valence-corrected chi connectivity index (χ4v) is 2.73. The van der Waals surface area contributed by atoms with Gasteiger partial charge >= 0.3 is 0 Å². The quantitative estimate of drug-likeness (QED) is 0.747. The van der Waals surface area contributed by atoms with E-state index in [4.69, 9.17) is 11.6 Å². The average Bonchev–Trinajstić information content (AvgIpc) is 2.45. The van der Waals surface area contributed by atoms with Crippen molar-refractivity contribution in [3.8, 4) is 0 Å². The molecule has 4 heteroatoms. The number of fused-ring (bicyclic) bond motifs is 1. The number of para-hydroxylation sites is 1. The molecule has 0 fully saturated rings. The maximum Gasteiger partial charge on any atom is 0.275 e. The van der Waals surface area contributed by atoms with Crippen LogP contribution >= 0.6 is 11.6 Å². The highest BCUT2D eigenvalue weighted by molar-refractivity contribution is 6.29. The number of hydrogen-bond acceptors (Lipinski definition) is 2. The summed E-state index contributed by atoms with van der Waals surface area (Å²) in [5.41, 5.74) is 3.07. The molecule has 1 aliphatic heterocycles. The molecule has 19 heavy (non-hydrogen) atoms. The van der Waals surface area contributed by atoms with Gasteiger partial charge in [-0.25, -0.2) is 0 Å². The van der Waals surface area contributed by atoms with Crippen molar-refractivity contribution in [2.45, 2.75) is 12.8 Å². The second kappa shape index (κ2) is 4.74. The van der Waals surface area contributed by atoms with Crippen LogP contribution in [-0.2, 0) is 13.5 Å². The van der Waals surface area contributed by atoms with E-state index in [0.717, 1.165) is 25.1 Å². The van der Waals surface area contributed by atoms with Crippen LogP contribution in [0.3, 0.4) is 0 Å². The second-order valence-electron chi connectivity index (χ2n) is 4.79. The highest BCUT2D eigenvalue weighted by Crippen LogP contribution is 2.31. The van der Waals surface area contributed by atoms with Gasteiger partial charge in [0.05, 0.1) is 0 Å². The van der Waals surface area contributed by atoms with Crippen LogP contribution in [0.15, 0.2) is 41.2 Å². The van der Waals surface area contributed by atoms with Crippen molar-refractivity contribution in [3.05, 3.63) is 57.5 Å². The van der Waals surface area contributed by atoms with Crippen molar-refractivity contribution >= 4 is 23.0 Å². The molecular formula is C15H15ClN2O. The van der Waals surface area contributed by atoms with Gasteiger partial charge in [-0.15, -0.1) is 0 Å². The van der Waals surface area contributed by atoms with Crippen molar-refractivity contribution in [2.24, 2.45) is 7.05 Å². The summed E-state index contributed by atoms with van der Waals surface area (Å²) in [6, 6.07) is 11.8. The van der Waals surface area contributed by atoms with Crippen LogP contribution in [0, 0.1) is 0 Å². The Kier molecular flexibility index (Phi) is 3.07. The second-order valence-corrected chi connectivity index (χ2v) is 5.18. The Morgan fingerprint density at radius 3 is 2.74 bits per heavy atom. The Labute approximate surface area is 117 Å². The summed E-state index contributed by atoms with van der Waals surface area (Å²) in [4.78, 5) is 14.4. The van der Waals surface area contributed by atoms with Gasteiger partial charge in [0.2, 0.25) is 0 Å². The monoisotopic (exact) mass is 274 g/mol. The molecule has 0 atom stereocenters. The van der Waals surface area contributed by atoms with Crippen molar-refractivity contribution in [1.29, 1.82) is 0 Å². The summed E-state index contributed by atoms with van der Waals surface area (Å²) < 4.78 is 1.48. The molecule has 0 N–H and O–H groups in total. The van der Waals surface area contributed by atoms with Crippen LogP contribution in [0.4, 0.5) is 11.4 Å². The van der Waals surface area contributed by atoms with E-state index in [2.05, 4.69) is 17.0 Å². The van der Waals surface area contributed by atoms with E-state index in [-0.39, 0.29) is 5.56 Å². The largest absolute Gasteiger partial charge is 0.337 e. The number of aromatic nitrogens is 1. The van der Waals surface area contributed by atoms with E-state index in [1.54, 1.807) is 13.1 Å². The summed E-state index contributed by atoms with van der Waals surface area (Å²) in [6.07, 6.45) is 2.13. The number of hydrogen-bond donors (Lipinski definition) is 0. The molecule has 0 bridgehead atoms. The fraction of sp³-hybridized carbons (Fsp3) is 0.267. The number of pyridine rings is 1. The van der Waals surface area contributed by atoms with E-state index >= 15 is 0 Å². The number of benzene rings is 1. The molecule has 0 spiro atoms. The van der Waals surface area contributed by atoms with Gasteiger partial charge in [0.15, 0.2) is 0 Å². The molecule has 0 unspecified atom stereocenters. The molecule has 1 aromatic heterocycles. The third-order valence-corrected chi connectivity index (χ3v) is 4.00. The minimum Gasteiger partial charge on any atom is -0.337 e. The predicted octanol–water partition coefficient (Wildman–Crippen LogP) is 3.12. The van der Waals surface area contributed by atoms with Crippen LogP contribution in [0.5, 0.6) is 0 Å². The van der Waals surface area contributed by atoms with Gasteiger partial charge in [-0.05, 0) is 36.6 Å². The first-order valence-corrected chi connectivity index (χ1v) is 6.77. The SMILES string of the molecule is Cn1c(Cl)ccc(N2CCCc3ccccc32)c1=O. The van der Waals surface area contributed by atoms with Crippen molar-refractivity contribution in [2.75, 3.05) is 11.4 Å². The van der Waals surface area contributed by atoms with Gasteiger partial charge < -0.3 is 9.47 Å². The topological polar surface area (TPSA) is 25.2 Å². The summed E-state index contributed by atoms with van der Waals surface area (Å²) in [7, 11) is 1.70. The molecule has 0 amide bonds. The lowest BCUT2D eigenvalue weighted by molar-refractivity contribution is 0.755. The Morgan fingerprint density at radius 2 is 1.89 bits per heavy atom. The summed E-state index contributed by atoms with van der Waals surface area (Å²) in [5, 5.41) is 0.457. The Hall–Kier alpha value is -1.74. The third-order valence-electron chi connectivity index (χ3n) is 3.62. The van der Waals surface area contributed by atoms with Crippen molar-refractivity contribution in [3.63, 3.8) is 0 Å². The fourth-order valence-electron chi connectivity index (χ4n) is 2.59. The lowest BCUT2D eigenvalue weighted by Gasteiger charge is -2.30. The minimum atomic E-state index is -0.0517. The molecule has 2 heterocycles. The maximum atomic E-state index is 12.3. The van der Waals surface area contributed by atoms with Gasteiger partial charge in [0, 0.05) is 19.3 Å². The Balaban J connectivity index is 2.15. The molecule has 1 aromatic carbocycles. The lowest BCUT2D eigenvalue weighted by Crippen LogP contribution is -2.31. The molecular weight excluding hydrogens is 260 g/mol. The van der Waals surface area contributed by atoms with Crippen LogP contribution in [-0.4, -0.2) is 11.1 Å². The molecule has 0 saturated heterocycles. The van der Waals surface area contributed by atoms with Gasteiger partial charge in [0.25, 0.3) is 5.56 Å². The number of halogens is 1. The van der Waals surface area contributed by atoms with Crippen LogP contribution in [0.2, 0.25) is 5.15 Å². The number of anilines is 2. The standard InChI is InChI=1S/C15H15ClN2O/c1-17-14(16)9-8-13(15(17)19)18-10-4-6-11-5-2-3-7-12(11)18/h2-3,5,7-9H,4,6,10H2,1H3. The molecule has 1 aliphatic rings. The zero-order chi connectivity index (χ0) is 13.4. The van der Waals surface area contributed by atoms with E-state index in [1.165, 1.54) is 10.1 Å². The first-order chi connectivity index (χ1) is 9.18. The summed E-state index contributed by atoms with van der Waals surface area (Å²) >= 11 is 5.97. The predicted molar refractivity (Wildman–Crippen MR) is 78.5 cm³/mol. The molecule has 0 aliphatic carbocycles. The summed E-state index contributed by atoms with van der Waals surface area (Å²) in [6.45, 7) is 0.869. The van der Waals surface area contributed by atoms with E-state index < -0.39 is 0 Å². The third kappa shape index (κ3) is 2.04. The van der Waals surface area contributed by atoms with Crippen molar-refractivity contribution in [1.82, 2.24) is 4.57 Å². The zero-order valence-electron chi connectivity index (χ0n) is 10.8. The zero-order valence-corrected chi connectivity index (χ0v) is 11.5. The normalized spacial score (nSPS) is 14.3. The first-order valence-electron chi connectivity index (χ1n) is 6.39. The van der Waals surface area contributed by atoms with Crippen LogP contribution in [0.25, 0.3) is 0 Å². The van der Waals surface area contributed by atoms with Crippen molar-refractivity contribution < 1.29 is 0 Å². The molecule has 98 valence electrons. The molecule has 3 rings (SSSR count). The van der Waals surface area contributed by atoms with E-state index in [0.29, 0.717) is 10.8 Å². The van der Waals surface area contributed by atoms with Gasteiger partial charge in [-0.2, -0.15) is 0 Å². The highest BCUT2D eigenvalue weighted by Gasteiger charge is 2.20. The van der Waals surface area contributed by atoms with E-state index in [1.807, 2.05) is 18.2 Å². The van der Waals surface area contributed by atoms with Crippen LogP contribution in [0.1, 0.15) is 12.0 Å². The van der Waals surface area contributed by atoms with Gasteiger partial charge in [-0.3, -0.25) is 4.79 Å². The minimum absolute atomic E-state index is 0.0517.